The van der Waals surface area contributed by atoms with Crippen molar-refractivity contribution in [3.8, 4) is 0 Å². The number of halogens is 3. The molecule has 1 aliphatic rings. The number of carbonyl (C=O) groups is 3. The molecular formula is C32H40Cl3NO9Si. The van der Waals surface area contributed by atoms with Crippen LogP contribution < -0.4 is 0 Å². The molecule has 0 amide bonds. The minimum Gasteiger partial charge on any atom is -0.467 e. The van der Waals surface area contributed by atoms with Crippen molar-refractivity contribution in [1.82, 2.24) is 0 Å². The number of alkyl halides is 3. The summed E-state index contributed by atoms with van der Waals surface area (Å²) in [6.07, 6.45) is -7.91. The zero-order valence-electron chi connectivity index (χ0n) is 27.0. The van der Waals surface area contributed by atoms with Crippen molar-refractivity contribution in [2.24, 2.45) is 0 Å². The molecule has 5 atom stereocenters. The number of hydrogen-bond donors (Lipinski definition) is 1. The minimum absolute atomic E-state index is 0.155. The molecule has 1 aliphatic heterocycles. The van der Waals surface area contributed by atoms with Gasteiger partial charge in [0.15, 0.2) is 12.2 Å². The van der Waals surface area contributed by atoms with Gasteiger partial charge in [0.2, 0.25) is 26.6 Å². The van der Waals surface area contributed by atoms with Crippen LogP contribution >= 0.6 is 34.8 Å². The van der Waals surface area contributed by atoms with Crippen LogP contribution in [-0.2, 0) is 32.9 Å². The second kappa shape index (κ2) is 14.6. The van der Waals surface area contributed by atoms with Crippen molar-refractivity contribution in [2.45, 2.75) is 92.7 Å². The highest BCUT2D eigenvalue weighted by Crippen LogP contribution is 2.53. The van der Waals surface area contributed by atoms with Crippen LogP contribution in [0.3, 0.4) is 0 Å². The molecule has 10 nitrogen and oxygen atoms in total. The van der Waals surface area contributed by atoms with Crippen molar-refractivity contribution in [1.29, 1.82) is 5.41 Å². The van der Waals surface area contributed by atoms with Crippen molar-refractivity contribution in [3.05, 3.63) is 71.8 Å². The molecule has 2 aromatic carbocycles. The van der Waals surface area contributed by atoms with Crippen molar-refractivity contribution >= 4 is 66.9 Å². The lowest BCUT2D eigenvalue weighted by molar-refractivity contribution is -0.272. The maximum absolute atomic E-state index is 13.6. The van der Waals surface area contributed by atoms with Crippen LogP contribution in [0.5, 0.6) is 0 Å². The summed E-state index contributed by atoms with van der Waals surface area (Å²) in [5.41, 5.74) is 0.329. The van der Waals surface area contributed by atoms with Crippen LogP contribution in [0.4, 0.5) is 0 Å². The average Bonchev–Trinajstić information content (AvgIpc) is 2.98. The maximum atomic E-state index is 13.6. The van der Waals surface area contributed by atoms with E-state index in [1.54, 1.807) is 36.4 Å². The molecule has 2 aromatic rings. The lowest BCUT2D eigenvalue weighted by Crippen LogP contribution is -2.67. The highest BCUT2D eigenvalue weighted by Gasteiger charge is 2.61. The summed E-state index contributed by atoms with van der Waals surface area (Å²) in [6, 6.07) is 16.1. The Balaban J connectivity index is 2.26. The quantitative estimate of drug-likeness (QED) is 0.0749. The third-order valence-corrected chi connectivity index (χ3v) is 15.1. The molecule has 0 spiro atoms. The Morgan fingerprint density at radius 3 is 1.57 bits per heavy atom. The van der Waals surface area contributed by atoms with Gasteiger partial charge in [0.1, 0.15) is 6.10 Å². The number of carbonyl (C=O) groups excluding carboxylic acids is 3. The molecule has 14 heteroatoms. The van der Waals surface area contributed by atoms with E-state index < -0.39 is 76.7 Å². The van der Waals surface area contributed by atoms with Crippen LogP contribution in [0.25, 0.3) is 0 Å². The highest BCUT2D eigenvalue weighted by molar-refractivity contribution is 6.78. The number of esters is 3. The first-order chi connectivity index (χ1) is 21.2. The van der Waals surface area contributed by atoms with Crippen LogP contribution in [0, 0.1) is 5.41 Å². The molecule has 252 valence electrons. The Hall–Kier alpha value is -2.67. The largest absolute Gasteiger partial charge is 0.467 e. The molecule has 0 aromatic heterocycles. The molecule has 1 heterocycles. The molecule has 1 N–H and O–H groups in total. The number of rotatable bonds is 8. The van der Waals surface area contributed by atoms with E-state index in [0.717, 1.165) is 7.11 Å². The van der Waals surface area contributed by atoms with Gasteiger partial charge in [-0.15, -0.1) is 0 Å². The molecule has 0 radical (unpaired) electrons. The van der Waals surface area contributed by atoms with Crippen LogP contribution in [0.15, 0.2) is 60.7 Å². The predicted molar refractivity (Wildman–Crippen MR) is 177 cm³/mol. The first-order valence-corrected chi connectivity index (χ1v) is 18.0. The number of hydrogen-bond acceptors (Lipinski definition) is 10. The normalized spacial score (nSPS) is 22.4. The molecule has 0 saturated carbocycles. The van der Waals surface area contributed by atoms with Gasteiger partial charge in [-0.05, 0) is 40.9 Å². The number of methoxy groups -OCH3 is 1. The monoisotopic (exact) mass is 715 g/mol. The predicted octanol–water partition coefficient (Wildman–Crippen LogP) is 7.26. The van der Waals surface area contributed by atoms with Crippen molar-refractivity contribution in [2.75, 3.05) is 7.11 Å². The van der Waals surface area contributed by atoms with Crippen molar-refractivity contribution in [3.63, 3.8) is 0 Å². The van der Waals surface area contributed by atoms with Crippen LogP contribution in [0.1, 0.15) is 62.3 Å². The second-order valence-corrected chi connectivity index (χ2v) is 20.6. The van der Waals surface area contributed by atoms with Gasteiger partial charge in [-0.3, -0.25) is 5.41 Å². The van der Waals surface area contributed by atoms with E-state index in [9.17, 15) is 14.4 Å². The van der Waals surface area contributed by atoms with Gasteiger partial charge >= 0.3 is 17.9 Å². The Labute approximate surface area is 285 Å². The number of ether oxygens (including phenoxy) is 5. The minimum atomic E-state index is -3.00. The van der Waals surface area contributed by atoms with Gasteiger partial charge in [0.25, 0.3) is 3.79 Å². The summed E-state index contributed by atoms with van der Waals surface area (Å²) in [4.78, 5) is 40.5. The van der Waals surface area contributed by atoms with E-state index in [1.807, 2.05) is 48.1 Å². The van der Waals surface area contributed by atoms with E-state index in [-0.39, 0.29) is 11.1 Å². The van der Waals surface area contributed by atoms with Gasteiger partial charge in [-0.25, -0.2) is 14.4 Å². The lowest BCUT2D eigenvalue weighted by Gasteiger charge is -2.53. The van der Waals surface area contributed by atoms with Crippen LogP contribution in [-0.4, -0.2) is 73.7 Å². The first-order valence-electron chi connectivity index (χ1n) is 14.5. The molecule has 1 fully saturated rings. The molecular weight excluding hydrogens is 677 g/mol. The van der Waals surface area contributed by atoms with E-state index >= 15 is 0 Å². The van der Waals surface area contributed by atoms with Crippen molar-refractivity contribution < 1.29 is 42.5 Å². The first kappa shape index (κ1) is 37.8. The van der Waals surface area contributed by atoms with Gasteiger partial charge in [-0.1, -0.05) is 113 Å². The van der Waals surface area contributed by atoms with Gasteiger partial charge in [0, 0.05) is 0 Å². The summed E-state index contributed by atoms with van der Waals surface area (Å²) in [5.74, 6) is -3.45. The molecule has 3 rings (SSSR count). The molecule has 0 aliphatic carbocycles. The average molecular weight is 717 g/mol. The molecule has 46 heavy (non-hydrogen) atoms. The summed E-state index contributed by atoms with van der Waals surface area (Å²) in [6.45, 7) is 14.1. The fraction of sp³-hybridized carbons (Fsp3) is 0.500. The number of nitrogens with one attached hydrogen (secondary N) is 1. The van der Waals surface area contributed by atoms with E-state index in [1.165, 1.54) is 24.3 Å². The summed E-state index contributed by atoms with van der Waals surface area (Å²) in [7, 11) is -1.84. The lowest BCUT2D eigenvalue weighted by atomic mass is 9.98. The van der Waals surface area contributed by atoms with E-state index in [4.69, 9.17) is 68.3 Å². The Kier molecular flexibility index (Phi) is 12.0. The van der Waals surface area contributed by atoms with Crippen LogP contribution in [0.2, 0.25) is 16.6 Å². The SMILES string of the molecule is COC(=O)C1O[C@H](OC(=N)C(Cl)(Cl)Cl)C(OC(=O)c2ccccc2)[C@@H](OC(=O)c2ccccc2)[C@@H]1O[Si](C)(C(C)(C)C)C(C)(C)C. The van der Waals surface area contributed by atoms with Gasteiger partial charge < -0.3 is 28.1 Å². The topological polar surface area (TPSA) is 130 Å². The molecule has 1 saturated heterocycles. The highest BCUT2D eigenvalue weighted by atomic mass is 35.6. The standard InChI is InChI=1S/C32H40Cl3NO9Si/c1-30(2,3)46(8,31(4,5)6)45-22-21(41-25(37)19-15-11-9-12-16-19)24(42-26(38)20-17-13-10-14-18-20)28(43-23(22)27(39)40-7)44-29(36)32(33,34)35/h9-18,21-24,28,36H,1-8H3/t21-,22-,23?,24?,28+/m0/s1. The zero-order chi connectivity index (χ0) is 34.7. The summed E-state index contributed by atoms with van der Waals surface area (Å²) >= 11 is 17.8. The third-order valence-electron chi connectivity index (χ3n) is 8.16. The summed E-state index contributed by atoms with van der Waals surface area (Å²) in [5, 5.41) is 7.39. The number of benzene rings is 2. The Morgan fingerprint density at radius 1 is 0.739 bits per heavy atom. The Bertz CT molecular complexity index is 1380. The van der Waals surface area contributed by atoms with Gasteiger partial charge in [0.05, 0.1) is 18.2 Å². The smallest absolute Gasteiger partial charge is 0.338 e. The fourth-order valence-corrected chi connectivity index (χ4v) is 8.96. The van der Waals surface area contributed by atoms with Gasteiger partial charge in [-0.2, -0.15) is 0 Å². The third kappa shape index (κ3) is 8.61. The summed E-state index contributed by atoms with van der Waals surface area (Å²) < 4.78 is 33.4. The zero-order valence-corrected chi connectivity index (χ0v) is 30.2. The molecule has 0 bridgehead atoms. The van der Waals surface area contributed by atoms with E-state index in [0.29, 0.717) is 0 Å². The van der Waals surface area contributed by atoms with E-state index in [2.05, 4.69) is 0 Å². The maximum Gasteiger partial charge on any atom is 0.338 e. The second-order valence-electron chi connectivity index (χ2n) is 13.0. The fourth-order valence-electron chi connectivity index (χ4n) is 5.07. The molecule has 2 unspecified atom stereocenters. The Morgan fingerprint density at radius 2 is 1.17 bits per heavy atom.